The highest BCUT2D eigenvalue weighted by Crippen LogP contribution is 2.25. The lowest BCUT2D eigenvalue weighted by Crippen LogP contribution is -2.45. The largest absolute Gasteiger partial charge is 0.507 e. The van der Waals surface area contributed by atoms with Crippen LogP contribution < -0.4 is 5.32 Å². The number of amides is 1. The molecule has 0 saturated carbocycles. The number of phenolic OH excluding ortho intramolecular Hbond substituents is 1. The van der Waals surface area contributed by atoms with Crippen LogP contribution in [0.5, 0.6) is 5.75 Å². The van der Waals surface area contributed by atoms with Crippen LogP contribution in [-0.4, -0.2) is 22.4 Å². The second kappa shape index (κ2) is 6.43. The highest BCUT2D eigenvalue weighted by Gasteiger charge is 2.24. The van der Waals surface area contributed by atoms with E-state index in [9.17, 15) is 9.90 Å². The van der Waals surface area contributed by atoms with Gasteiger partial charge in [-0.15, -0.1) is 11.6 Å². The number of hydrogen-bond donors (Lipinski definition) is 2. The summed E-state index contributed by atoms with van der Waals surface area (Å²) in [6.07, 6.45) is 1.51. The zero-order valence-electron chi connectivity index (χ0n) is 10.5. The molecule has 1 amide bonds. The molecule has 2 N–H and O–H groups in total. The minimum absolute atomic E-state index is 0.0539. The van der Waals surface area contributed by atoms with Crippen LogP contribution in [0.1, 0.15) is 37.0 Å². The lowest BCUT2D eigenvalue weighted by atomic mass is 9.95. The van der Waals surface area contributed by atoms with Crippen molar-refractivity contribution in [1.29, 1.82) is 0 Å². The summed E-state index contributed by atoms with van der Waals surface area (Å²) < 4.78 is 0.568. The predicted molar refractivity (Wildman–Crippen MR) is 77.3 cm³/mol. The third-order valence-corrected chi connectivity index (χ3v) is 3.91. The van der Waals surface area contributed by atoms with Crippen LogP contribution in [0, 0.1) is 0 Å². The average molecular weight is 335 g/mol. The topological polar surface area (TPSA) is 49.3 Å². The molecule has 0 saturated heterocycles. The lowest BCUT2D eigenvalue weighted by Gasteiger charge is -2.29. The molecule has 0 fully saturated rings. The standard InChI is InChI=1S/C13H17BrClNO2/c1-3-13(2,6-7-15)16-12(18)9-4-5-10(14)11(17)8-9/h4-5,8,17H,3,6-7H2,1-2H3,(H,16,18). The number of rotatable bonds is 5. The molecule has 1 unspecified atom stereocenters. The molecular formula is C13H17BrClNO2. The fourth-order valence-electron chi connectivity index (χ4n) is 1.54. The quantitative estimate of drug-likeness (QED) is 0.807. The zero-order chi connectivity index (χ0) is 13.8. The summed E-state index contributed by atoms with van der Waals surface area (Å²) in [5.74, 6) is 0.349. The summed E-state index contributed by atoms with van der Waals surface area (Å²) in [5, 5.41) is 12.5. The third kappa shape index (κ3) is 3.89. The van der Waals surface area contributed by atoms with Crippen molar-refractivity contribution in [3.05, 3.63) is 28.2 Å². The number of benzene rings is 1. The van der Waals surface area contributed by atoms with Crippen LogP contribution in [0.15, 0.2) is 22.7 Å². The fraction of sp³-hybridized carbons (Fsp3) is 0.462. The normalized spacial score (nSPS) is 14.0. The van der Waals surface area contributed by atoms with Gasteiger partial charge in [-0.1, -0.05) is 6.92 Å². The van der Waals surface area contributed by atoms with Gasteiger partial charge in [0.1, 0.15) is 5.75 Å². The molecule has 0 aliphatic rings. The van der Waals surface area contributed by atoms with Crippen molar-refractivity contribution in [2.24, 2.45) is 0 Å². The van der Waals surface area contributed by atoms with Crippen molar-refractivity contribution in [2.45, 2.75) is 32.2 Å². The first-order chi connectivity index (χ1) is 8.41. The van der Waals surface area contributed by atoms with E-state index in [1.54, 1.807) is 12.1 Å². The van der Waals surface area contributed by atoms with E-state index in [1.807, 2.05) is 13.8 Å². The van der Waals surface area contributed by atoms with Gasteiger partial charge in [0.2, 0.25) is 0 Å². The van der Waals surface area contributed by atoms with Gasteiger partial charge in [-0.2, -0.15) is 0 Å². The van der Waals surface area contributed by atoms with Crippen molar-refractivity contribution >= 4 is 33.4 Å². The Labute approximate surface area is 121 Å². The van der Waals surface area contributed by atoms with Crippen molar-refractivity contribution in [3.63, 3.8) is 0 Å². The van der Waals surface area contributed by atoms with E-state index in [1.165, 1.54) is 6.07 Å². The van der Waals surface area contributed by atoms with E-state index in [-0.39, 0.29) is 17.2 Å². The molecule has 3 nitrogen and oxygen atoms in total. The van der Waals surface area contributed by atoms with Crippen LogP contribution in [0.4, 0.5) is 0 Å². The Bertz CT molecular complexity index is 439. The summed E-state index contributed by atoms with van der Waals surface area (Å²) in [4.78, 5) is 12.1. The highest BCUT2D eigenvalue weighted by atomic mass is 79.9. The Morgan fingerprint density at radius 3 is 2.72 bits per heavy atom. The van der Waals surface area contributed by atoms with Gasteiger partial charge in [0.15, 0.2) is 0 Å². The van der Waals surface area contributed by atoms with Gasteiger partial charge in [0, 0.05) is 17.0 Å². The van der Waals surface area contributed by atoms with E-state index in [2.05, 4.69) is 21.2 Å². The molecule has 1 aromatic carbocycles. The first-order valence-electron chi connectivity index (χ1n) is 5.79. The van der Waals surface area contributed by atoms with Crippen molar-refractivity contribution in [1.82, 2.24) is 5.32 Å². The summed E-state index contributed by atoms with van der Waals surface area (Å²) in [5.41, 5.74) is 0.117. The van der Waals surface area contributed by atoms with E-state index in [0.717, 1.165) is 6.42 Å². The fourth-order valence-corrected chi connectivity index (χ4v) is 2.20. The molecule has 0 aliphatic heterocycles. The molecule has 0 spiro atoms. The molecule has 100 valence electrons. The predicted octanol–water partition coefficient (Wildman–Crippen LogP) is 3.68. The maximum atomic E-state index is 12.1. The molecule has 5 heteroatoms. The Balaban J connectivity index is 2.84. The third-order valence-electron chi connectivity index (χ3n) is 3.05. The molecule has 0 radical (unpaired) electrons. The first-order valence-corrected chi connectivity index (χ1v) is 7.11. The number of carbonyl (C=O) groups is 1. The minimum Gasteiger partial charge on any atom is -0.507 e. The lowest BCUT2D eigenvalue weighted by molar-refractivity contribution is 0.0901. The Morgan fingerprint density at radius 2 is 2.22 bits per heavy atom. The van der Waals surface area contributed by atoms with E-state index < -0.39 is 0 Å². The second-order valence-corrected chi connectivity index (χ2v) is 5.71. The Hall–Kier alpha value is -0.740. The van der Waals surface area contributed by atoms with Gasteiger partial charge >= 0.3 is 0 Å². The minimum atomic E-state index is -0.318. The maximum Gasteiger partial charge on any atom is 0.251 e. The number of alkyl halides is 1. The van der Waals surface area contributed by atoms with Gasteiger partial charge < -0.3 is 10.4 Å². The van der Waals surface area contributed by atoms with Crippen molar-refractivity contribution in [3.8, 4) is 5.75 Å². The van der Waals surface area contributed by atoms with Gasteiger partial charge in [-0.3, -0.25) is 4.79 Å². The maximum absolute atomic E-state index is 12.1. The Morgan fingerprint density at radius 1 is 1.56 bits per heavy atom. The zero-order valence-corrected chi connectivity index (χ0v) is 12.8. The Kier molecular flexibility index (Phi) is 5.47. The van der Waals surface area contributed by atoms with E-state index in [4.69, 9.17) is 11.6 Å². The smallest absolute Gasteiger partial charge is 0.251 e. The summed E-state index contributed by atoms with van der Waals surface area (Å²) in [6.45, 7) is 3.97. The van der Waals surface area contributed by atoms with Crippen LogP contribution in [-0.2, 0) is 0 Å². The second-order valence-electron chi connectivity index (χ2n) is 4.47. The number of halogens is 2. The SMILES string of the molecule is CCC(C)(CCCl)NC(=O)c1ccc(Br)c(O)c1. The summed E-state index contributed by atoms with van der Waals surface area (Å²) in [6, 6.07) is 4.75. The number of aromatic hydroxyl groups is 1. The average Bonchev–Trinajstić information content (AvgIpc) is 2.32. The molecule has 0 aliphatic carbocycles. The number of nitrogens with one attached hydrogen (secondary N) is 1. The summed E-state index contributed by atoms with van der Waals surface area (Å²) >= 11 is 8.92. The van der Waals surface area contributed by atoms with Crippen LogP contribution in [0.25, 0.3) is 0 Å². The highest BCUT2D eigenvalue weighted by molar-refractivity contribution is 9.10. The van der Waals surface area contributed by atoms with E-state index >= 15 is 0 Å². The van der Waals surface area contributed by atoms with Crippen LogP contribution in [0.2, 0.25) is 0 Å². The molecule has 1 atom stereocenters. The molecule has 1 aromatic rings. The van der Waals surface area contributed by atoms with Gasteiger partial charge in [-0.25, -0.2) is 0 Å². The number of carbonyl (C=O) groups excluding carboxylic acids is 1. The molecule has 0 bridgehead atoms. The molecular weight excluding hydrogens is 318 g/mol. The molecule has 18 heavy (non-hydrogen) atoms. The van der Waals surface area contributed by atoms with Crippen molar-refractivity contribution < 1.29 is 9.90 Å². The van der Waals surface area contributed by atoms with Gasteiger partial charge in [0.25, 0.3) is 5.91 Å². The van der Waals surface area contributed by atoms with Crippen LogP contribution in [0.3, 0.4) is 0 Å². The first kappa shape index (κ1) is 15.3. The van der Waals surface area contributed by atoms with Gasteiger partial charge in [0.05, 0.1) is 4.47 Å². The molecule has 1 rings (SSSR count). The number of hydrogen-bond acceptors (Lipinski definition) is 2. The van der Waals surface area contributed by atoms with Crippen molar-refractivity contribution in [2.75, 3.05) is 5.88 Å². The van der Waals surface area contributed by atoms with Crippen LogP contribution >= 0.6 is 27.5 Å². The van der Waals surface area contributed by atoms with Gasteiger partial charge in [-0.05, 0) is 53.9 Å². The molecule has 0 aromatic heterocycles. The monoisotopic (exact) mass is 333 g/mol. The summed E-state index contributed by atoms with van der Waals surface area (Å²) in [7, 11) is 0. The van der Waals surface area contributed by atoms with E-state index in [0.29, 0.717) is 22.3 Å². The molecule has 0 heterocycles. The number of phenols is 1.